The second-order valence-corrected chi connectivity index (χ2v) is 3.95. The Morgan fingerprint density at radius 2 is 1.81 bits per heavy atom. The Bertz CT molecular complexity index is 520. The van der Waals surface area contributed by atoms with E-state index in [2.05, 4.69) is 29.4 Å². The number of hydrogen-bond donors (Lipinski definition) is 0. The van der Waals surface area contributed by atoms with Crippen molar-refractivity contribution >= 4 is 6.29 Å². The van der Waals surface area contributed by atoms with Gasteiger partial charge in [-0.05, 0) is 31.9 Å². The second-order valence-electron chi connectivity index (χ2n) is 3.95. The molecule has 0 atom stereocenters. The Morgan fingerprint density at radius 1 is 1.19 bits per heavy atom. The molecule has 0 bridgehead atoms. The highest BCUT2D eigenvalue weighted by atomic mass is 16.1. The number of carbonyl (C=O) groups excluding carboxylic acids is 1. The van der Waals surface area contributed by atoms with E-state index in [1.807, 2.05) is 13.8 Å². The van der Waals surface area contributed by atoms with Gasteiger partial charge in [0.2, 0.25) is 0 Å². The number of benzene rings is 1. The van der Waals surface area contributed by atoms with Crippen molar-refractivity contribution in [1.82, 2.24) is 15.0 Å². The van der Waals surface area contributed by atoms with Gasteiger partial charge in [0.05, 0.1) is 11.9 Å². The molecule has 1 aromatic heterocycles. The first-order valence-corrected chi connectivity index (χ1v) is 5.07. The van der Waals surface area contributed by atoms with Crippen LogP contribution in [0.25, 0.3) is 5.69 Å². The molecule has 4 nitrogen and oxygen atoms in total. The monoisotopic (exact) mass is 215 g/mol. The molecule has 2 aromatic rings. The fourth-order valence-electron chi connectivity index (χ4n) is 1.97. The van der Waals surface area contributed by atoms with E-state index >= 15 is 0 Å². The van der Waals surface area contributed by atoms with E-state index in [9.17, 15) is 4.79 Å². The molecule has 4 heteroatoms. The normalized spacial score (nSPS) is 10.4. The summed E-state index contributed by atoms with van der Waals surface area (Å²) >= 11 is 0. The molecule has 0 aliphatic heterocycles. The van der Waals surface area contributed by atoms with Crippen LogP contribution >= 0.6 is 0 Å². The van der Waals surface area contributed by atoms with Crippen LogP contribution in [-0.2, 0) is 0 Å². The first-order chi connectivity index (χ1) is 7.61. The van der Waals surface area contributed by atoms with Crippen LogP contribution < -0.4 is 0 Å². The summed E-state index contributed by atoms with van der Waals surface area (Å²) in [5.41, 5.74) is 4.81. The standard InChI is InChI=1S/C12H13N3O/c1-8-4-9(2)12(10(3)5-8)15-6-11(7-16)13-14-15/h4-7H,1-3H3. The lowest BCUT2D eigenvalue weighted by atomic mass is 10.1. The Kier molecular flexibility index (Phi) is 2.56. The maximum Gasteiger partial charge on any atom is 0.171 e. The van der Waals surface area contributed by atoms with Gasteiger partial charge in [-0.3, -0.25) is 4.79 Å². The number of nitrogens with zero attached hydrogens (tertiary/aromatic N) is 3. The highest BCUT2D eigenvalue weighted by Gasteiger charge is 2.08. The van der Waals surface area contributed by atoms with Gasteiger partial charge >= 0.3 is 0 Å². The lowest BCUT2D eigenvalue weighted by molar-refractivity contribution is 0.111. The number of aryl methyl sites for hydroxylation is 3. The molecule has 0 aliphatic carbocycles. The molecule has 1 heterocycles. The SMILES string of the molecule is Cc1cc(C)c(-n2cc(C=O)nn2)c(C)c1. The third-order valence-corrected chi connectivity index (χ3v) is 2.50. The summed E-state index contributed by atoms with van der Waals surface area (Å²) < 4.78 is 1.65. The highest BCUT2D eigenvalue weighted by molar-refractivity contribution is 5.71. The van der Waals surface area contributed by atoms with Gasteiger partial charge in [-0.1, -0.05) is 22.9 Å². The zero-order valence-electron chi connectivity index (χ0n) is 9.56. The molecule has 0 radical (unpaired) electrons. The van der Waals surface area contributed by atoms with E-state index in [0.717, 1.165) is 16.8 Å². The maximum absolute atomic E-state index is 10.6. The third-order valence-electron chi connectivity index (χ3n) is 2.50. The fraction of sp³-hybridized carbons (Fsp3) is 0.250. The van der Waals surface area contributed by atoms with E-state index < -0.39 is 0 Å². The van der Waals surface area contributed by atoms with Gasteiger partial charge in [-0.15, -0.1) is 5.10 Å². The average Bonchev–Trinajstić information content (AvgIpc) is 2.64. The number of hydrogen-bond acceptors (Lipinski definition) is 3. The minimum Gasteiger partial charge on any atom is -0.296 e. The van der Waals surface area contributed by atoms with Crippen LogP contribution in [0.2, 0.25) is 0 Å². The van der Waals surface area contributed by atoms with Crippen LogP contribution in [0, 0.1) is 20.8 Å². The predicted molar refractivity (Wildman–Crippen MR) is 61.0 cm³/mol. The summed E-state index contributed by atoms with van der Waals surface area (Å²) in [4.78, 5) is 10.6. The topological polar surface area (TPSA) is 47.8 Å². The van der Waals surface area contributed by atoms with Gasteiger partial charge in [0, 0.05) is 0 Å². The maximum atomic E-state index is 10.6. The molecular weight excluding hydrogens is 202 g/mol. The molecule has 0 aliphatic rings. The molecule has 0 spiro atoms. The van der Waals surface area contributed by atoms with Gasteiger partial charge < -0.3 is 0 Å². The zero-order valence-corrected chi connectivity index (χ0v) is 9.56. The van der Waals surface area contributed by atoms with Crippen molar-refractivity contribution in [3.63, 3.8) is 0 Å². The average molecular weight is 215 g/mol. The van der Waals surface area contributed by atoms with Crippen molar-refractivity contribution in [2.75, 3.05) is 0 Å². The molecule has 0 fully saturated rings. The van der Waals surface area contributed by atoms with Gasteiger partial charge in [0.15, 0.2) is 6.29 Å². The van der Waals surface area contributed by atoms with Crippen LogP contribution in [0.1, 0.15) is 27.2 Å². The molecule has 16 heavy (non-hydrogen) atoms. The zero-order chi connectivity index (χ0) is 11.7. The van der Waals surface area contributed by atoms with Crippen LogP contribution in [0.3, 0.4) is 0 Å². The number of aromatic nitrogens is 3. The van der Waals surface area contributed by atoms with Crippen molar-refractivity contribution in [2.45, 2.75) is 20.8 Å². The van der Waals surface area contributed by atoms with Crippen LogP contribution in [-0.4, -0.2) is 21.3 Å². The highest BCUT2D eigenvalue weighted by Crippen LogP contribution is 2.19. The summed E-state index contributed by atoms with van der Waals surface area (Å²) in [5.74, 6) is 0. The smallest absolute Gasteiger partial charge is 0.171 e. The molecule has 0 saturated carbocycles. The summed E-state index contributed by atoms with van der Waals surface area (Å²) in [6, 6.07) is 4.18. The minimum absolute atomic E-state index is 0.347. The number of carbonyl (C=O) groups is 1. The Labute approximate surface area is 93.9 Å². The van der Waals surface area contributed by atoms with Crippen LogP contribution in [0.4, 0.5) is 0 Å². The largest absolute Gasteiger partial charge is 0.296 e. The van der Waals surface area contributed by atoms with Crippen molar-refractivity contribution in [1.29, 1.82) is 0 Å². The quantitative estimate of drug-likeness (QED) is 0.720. The van der Waals surface area contributed by atoms with E-state index in [0.29, 0.717) is 12.0 Å². The number of rotatable bonds is 2. The van der Waals surface area contributed by atoms with Gasteiger partial charge in [-0.2, -0.15) is 0 Å². The third kappa shape index (κ3) is 1.74. The molecule has 0 unspecified atom stereocenters. The molecule has 0 saturated heterocycles. The van der Waals surface area contributed by atoms with Gasteiger partial charge in [0.25, 0.3) is 0 Å². The van der Waals surface area contributed by atoms with E-state index in [4.69, 9.17) is 0 Å². The number of aldehydes is 1. The van der Waals surface area contributed by atoms with Crippen molar-refractivity contribution in [3.8, 4) is 5.69 Å². The first-order valence-electron chi connectivity index (χ1n) is 5.07. The molecule has 0 N–H and O–H groups in total. The molecular formula is C12H13N3O. The lowest BCUT2D eigenvalue weighted by Crippen LogP contribution is -2.01. The second kappa shape index (κ2) is 3.89. The Balaban J connectivity index is 2.59. The Hall–Kier alpha value is -1.97. The van der Waals surface area contributed by atoms with Gasteiger partial charge in [-0.25, -0.2) is 4.68 Å². The molecule has 82 valence electrons. The van der Waals surface area contributed by atoms with E-state index in [-0.39, 0.29) is 0 Å². The Morgan fingerprint density at radius 3 is 2.31 bits per heavy atom. The van der Waals surface area contributed by atoms with Crippen molar-refractivity contribution < 1.29 is 4.79 Å². The summed E-state index contributed by atoms with van der Waals surface area (Å²) in [5, 5.41) is 7.70. The summed E-state index contributed by atoms with van der Waals surface area (Å²) in [7, 11) is 0. The van der Waals surface area contributed by atoms with Crippen LogP contribution in [0.5, 0.6) is 0 Å². The van der Waals surface area contributed by atoms with Gasteiger partial charge in [0.1, 0.15) is 5.69 Å². The minimum atomic E-state index is 0.347. The van der Waals surface area contributed by atoms with Crippen molar-refractivity contribution in [2.24, 2.45) is 0 Å². The molecule has 2 rings (SSSR count). The fourth-order valence-corrected chi connectivity index (χ4v) is 1.97. The predicted octanol–water partition coefficient (Wildman–Crippen LogP) is 2.01. The summed E-state index contributed by atoms with van der Waals surface area (Å²) in [6.07, 6.45) is 2.33. The van der Waals surface area contributed by atoms with E-state index in [1.54, 1.807) is 10.9 Å². The van der Waals surface area contributed by atoms with Crippen LogP contribution in [0.15, 0.2) is 18.3 Å². The van der Waals surface area contributed by atoms with Crippen molar-refractivity contribution in [3.05, 3.63) is 40.7 Å². The summed E-state index contributed by atoms with van der Waals surface area (Å²) in [6.45, 7) is 6.11. The van der Waals surface area contributed by atoms with E-state index in [1.165, 1.54) is 5.56 Å². The lowest BCUT2D eigenvalue weighted by Gasteiger charge is -2.09. The molecule has 1 aromatic carbocycles. The molecule has 0 amide bonds. The first kappa shape index (κ1) is 10.5.